The molecular formula is C25H27N5O5. The number of para-hydroxylation sites is 1. The molecule has 0 saturated carbocycles. The van der Waals surface area contributed by atoms with E-state index >= 15 is 0 Å². The van der Waals surface area contributed by atoms with Crippen LogP contribution in [0.25, 0.3) is 22.4 Å². The highest BCUT2D eigenvalue weighted by Crippen LogP contribution is 2.28. The Hall–Kier alpha value is -4.18. The number of ether oxygens (including phenoxy) is 1. The van der Waals surface area contributed by atoms with Gasteiger partial charge in [-0.05, 0) is 30.2 Å². The number of amides is 1. The summed E-state index contributed by atoms with van der Waals surface area (Å²) >= 11 is 0. The molecule has 0 bridgehead atoms. The summed E-state index contributed by atoms with van der Waals surface area (Å²) in [6, 6.07) is 12.3. The van der Waals surface area contributed by atoms with Gasteiger partial charge in [0.1, 0.15) is 11.5 Å². The molecule has 0 atom stereocenters. The lowest BCUT2D eigenvalue weighted by Crippen LogP contribution is -2.43. The fraction of sp³-hybridized carbons (Fsp3) is 0.280. The van der Waals surface area contributed by atoms with Gasteiger partial charge in [-0.2, -0.15) is 0 Å². The van der Waals surface area contributed by atoms with Gasteiger partial charge in [0, 0.05) is 25.6 Å². The first-order valence-electron chi connectivity index (χ1n) is 11.2. The quantitative estimate of drug-likeness (QED) is 0.398. The molecule has 10 nitrogen and oxygen atoms in total. The normalized spacial score (nSPS) is 11.3. The van der Waals surface area contributed by atoms with E-state index in [0.29, 0.717) is 27.9 Å². The molecule has 182 valence electrons. The number of aromatic amines is 1. The number of nitrogens with two attached hydrogens (primary N) is 1. The van der Waals surface area contributed by atoms with Crippen LogP contribution in [0.15, 0.2) is 62.7 Å². The van der Waals surface area contributed by atoms with Crippen LogP contribution in [-0.4, -0.2) is 40.7 Å². The van der Waals surface area contributed by atoms with Gasteiger partial charge in [0.15, 0.2) is 11.4 Å². The minimum atomic E-state index is -0.749. The monoisotopic (exact) mass is 477 g/mol. The van der Waals surface area contributed by atoms with E-state index in [9.17, 15) is 14.4 Å². The fourth-order valence-corrected chi connectivity index (χ4v) is 3.93. The molecular weight excluding hydrogens is 450 g/mol. The third-order valence-corrected chi connectivity index (χ3v) is 5.52. The summed E-state index contributed by atoms with van der Waals surface area (Å²) < 4.78 is 12.0. The summed E-state index contributed by atoms with van der Waals surface area (Å²) in [5.41, 5.74) is 6.20. The highest BCUT2D eigenvalue weighted by molar-refractivity contribution is 6.14. The number of nitrogens with one attached hydrogen (secondary N) is 1. The van der Waals surface area contributed by atoms with Crippen molar-refractivity contribution in [3.63, 3.8) is 0 Å². The average Bonchev–Trinajstić information content (AvgIpc) is 3.37. The molecule has 4 aromatic rings. The van der Waals surface area contributed by atoms with E-state index in [2.05, 4.69) is 9.97 Å². The number of H-pyrrole nitrogens is 1. The third kappa shape index (κ3) is 4.73. The van der Waals surface area contributed by atoms with E-state index in [0.717, 1.165) is 0 Å². The van der Waals surface area contributed by atoms with Crippen molar-refractivity contribution in [2.75, 3.05) is 30.9 Å². The van der Waals surface area contributed by atoms with Gasteiger partial charge in [-0.25, -0.2) is 9.78 Å². The number of rotatable bonds is 8. The van der Waals surface area contributed by atoms with E-state index in [1.165, 1.54) is 22.8 Å². The van der Waals surface area contributed by atoms with Crippen LogP contribution in [0.3, 0.4) is 0 Å². The van der Waals surface area contributed by atoms with Gasteiger partial charge < -0.3 is 14.9 Å². The van der Waals surface area contributed by atoms with Gasteiger partial charge in [-0.1, -0.05) is 32.0 Å². The summed E-state index contributed by atoms with van der Waals surface area (Å²) in [7, 11) is 1.49. The fourth-order valence-electron chi connectivity index (χ4n) is 3.93. The first-order valence-corrected chi connectivity index (χ1v) is 11.2. The Kier molecular flexibility index (Phi) is 6.83. The van der Waals surface area contributed by atoms with Crippen molar-refractivity contribution < 1.29 is 13.9 Å². The molecule has 3 heterocycles. The van der Waals surface area contributed by atoms with Crippen LogP contribution in [0, 0.1) is 5.92 Å². The maximum Gasteiger partial charge on any atom is 0.330 e. The Morgan fingerprint density at radius 3 is 2.69 bits per heavy atom. The number of fused-ring (bicyclic) bond motifs is 1. The van der Waals surface area contributed by atoms with Gasteiger partial charge in [-0.3, -0.25) is 24.0 Å². The number of benzene rings is 1. The molecule has 1 amide bonds. The van der Waals surface area contributed by atoms with E-state index < -0.39 is 17.2 Å². The van der Waals surface area contributed by atoms with E-state index in [1.807, 2.05) is 19.9 Å². The number of pyridine rings is 1. The van der Waals surface area contributed by atoms with Crippen molar-refractivity contribution in [2.45, 2.75) is 20.4 Å². The Bertz CT molecular complexity index is 1470. The highest BCUT2D eigenvalue weighted by Gasteiger charge is 2.27. The van der Waals surface area contributed by atoms with Crippen LogP contribution in [0.2, 0.25) is 0 Å². The van der Waals surface area contributed by atoms with Gasteiger partial charge >= 0.3 is 5.69 Å². The summed E-state index contributed by atoms with van der Waals surface area (Å²) in [4.78, 5) is 47.6. The predicted octanol–water partition coefficient (Wildman–Crippen LogP) is 2.88. The SMILES string of the molecule is COCCN(C(=O)c1cc(-c2ccco2)nc2ccccc12)c1c(N)n(CC(C)C)c(=O)[nH]c1=O. The molecule has 0 unspecified atom stereocenters. The number of furan rings is 1. The summed E-state index contributed by atoms with van der Waals surface area (Å²) in [5.74, 6) is 0.00916. The number of carbonyl (C=O) groups is 1. The van der Waals surface area contributed by atoms with E-state index in [-0.39, 0.29) is 37.1 Å². The molecule has 0 saturated heterocycles. The maximum absolute atomic E-state index is 14.0. The molecule has 1 aromatic carbocycles. The Morgan fingerprint density at radius 1 is 1.23 bits per heavy atom. The third-order valence-electron chi connectivity index (χ3n) is 5.52. The second-order valence-corrected chi connectivity index (χ2v) is 8.50. The minimum Gasteiger partial charge on any atom is -0.463 e. The zero-order valence-electron chi connectivity index (χ0n) is 19.8. The molecule has 3 aromatic heterocycles. The molecule has 0 radical (unpaired) electrons. The van der Waals surface area contributed by atoms with Crippen molar-refractivity contribution in [3.05, 3.63) is 75.1 Å². The largest absolute Gasteiger partial charge is 0.463 e. The molecule has 0 aliphatic heterocycles. The van der Waals surface area contributed by atoms with E-state index in [4.69, 9.17) is 14.9 Å². The van der Waals surface area contributed by atoms with Crippen molar-refractivity contribution in [3.8, 4) is 11.5 Å². The van der Waals surface area contributed by atoms with Gasteiger partial charge in [0.25, 0.3) is 11.5 Å². The van der Waals surface area contributed by atoms with Crippen LogP contribution < -0.4 is 21.9 Å². The molecule has 10 heteroatoms. The van der Waals surface area contributed by atoms with Crippen molar-refractivity contribution >= 4 is 28.3 Å². The molecule has 4 rings (SSSR count). The molecule has 3 N–H and O–H groups in total. The Balaban J connectivity index is 1.92. The lowest BCUT2D eigenvalue weighted by Gasteiger charge is -2.25. The maximum atomic E-state index is 14.0. The lowest BCUT2D eigenvalue weighted by molar-refractivity contribution is 0.0977. The van der Waals surface area contributed by atoms with Crippen LogP contribution in [-0.2, 0) is 11.3 Å². The number of aromatic nitrogens is 3. The van der Waals surface area contributed by atoms with Crippen molar-refractivity contribution in [1.29, 1.82) is 0 Å². The second-order valence-electron chi connectivity index (χ2n) is 8.50. The van der Waals surface area contributed by atoms with Crippen molar-refractivity contribution in [1.82, 2.24) is 14.5 Å². The number of nitrogen functional groups attached to an aromatic ring is 1. The highest BCUT2D eigenvalue weighted by atomic mass is 16.5. The van der Waals surface area contributed by atoms with Crippen molar-refractivity contribution in [2.24, 2.45) is 5.92 Å². The number of hydrogen-bond donors (Lipinski definition) is 2. The first-order chi connectivity index (χ1) is 16.8. The molecule has 35 heavy (non-hydrogen) atoms. The van der Waals surface area contributed by atoms with Gasteiger partial charge in [0.2, 0.25) is 0 Å². The zero-order valence-corrected chi connectivity index (χ0v) is 19.8. The van der Waals surface area contributed by atoms with Gasteiger partial charge in [-0.15, -0.1) is 0 Å². The second kappa shape index (κ2) is 9.98. The van der Waals surface area contributed by atoms with Crippen LogP contribution in [0.4, 0.5) is 11.5 Å². The number of nitrogens with zero attached hydrogens (tertiary/aromatic N) is 3. The van der Waals surface area contributed by atoms with Crippen LogP contribution in [0.5, 0.6) is 0 Å². The number of anilines is 2. The van der Waals surface area contributed by atoms with Crippen LogP contribution >= 0.6 is 0 Å². The summed E-state index contributed by atoms with van der Waals surface area (Å²) in [6.07, 6.45) is 1.52. The Morgan fingerprint density at radius 2 is 2.00 bits per heavy atom. The number of methoxy groups -OCH3 is 1. The molecule has 0 aliphatic rings. The molecule has 0 fully saturated rings. The van der Waals surface area contributed by atoms with Crippen LogP contribution in [0.1, 0.15) is 24.2 Å². The summed E-state index contributed by atoms with van der Waals surface area (Å²) in [6.45, 7) is 4.30. The lowest BCUT2D eigenvalue weighted by atomic mass is 10.0. The average molecular weight is 478 g/mol. The topological polar surface area (TPSA) is 136 Å². The Labute approximate surface area is 201 Å². The zero-order chi connectivity index (χ0) is 25.1. The minimum absolute atomic E-state index is 0.0369. The first kappa shape index (κ1) is 24.0. The number of carbonyl (C=O) groups excluding carboxylic acids is 1. The molecule has 0 spiro atoms. The number of hydrogen-bond acceptors (Lipinski definition) is 7. The van der Waals surface area contributed by atoms with E-state index in [1.54, 1.807) is 36.4 Å². The molecule has 0 aliphatic carbocycles. The smallest absolute Gasteiger partial charge is 0.330 e. The van der Waals surface area contributed by atoms with Gasteiger partial charge in [0.05, 0.1) is 24.0 Å². The predicted molar refractivity (Wildman–Crippen MR) is 134 cm³/mol. The summed E-state index contributed by atoms with van der Waals surface area (Å²) in [5, 5.41) is 0.598. The standard InChI is InChI=1S/C25H27N5O5/c1-15(2)14-30-22(26)21(23(31)28-25(30)33)29(10-12-34-3)24(32)17-13-19(20-9-6-11-35-20)27-18-8-5-4-7-16(17)18/h4-9,11,13,15H,10,12,14,26H2,1-3H3,(H,28,31,33).